The summed E-state index contributed by atoms with van der Waals surface area (Å²) in [5, 5.41) is 0. The van der Waals surface area contributed by atoms with Gasteiger partial charge in [0.25, 0.3) is 0 Å². The van der Waals surface area contributed by atoms with Crippen molar-refractivity contribution in [2.75, 3.05) is 0 Å². The molecule has 0 bridgehead atoms. The third-order valence-corrected chi connectivity index (χ3v) is 2.63. The Kier molecular flexibility index (Phi) is 1.73. The summed E-state index contributed by atoms with van der Waals surface area (Å²) in [7, 11) is 0. The minimum absolute atomic E-state index is 0.471. The van der Waals surface area contributed by atoms with Crippen molar-refractivity contribution in [1.29, 1.82) is 0 Å². The largest absolute Gasteiger partial charge is 0.325 e. The molecule has 3 rings (SSSR count). The molecule has 0 aliphatic carbocycles. The summed E-state index contributed by atoms with van der Waals surface area (Å²) in [5.41, 5.74) is 9.83. The van der Waals surface area contributed by atoms with E-state index in [1.165, 1.54) is 0 Å². The Hall–Kier alpha value is -1.87. The SMILES string of the molecule is NCc1nc2ccccc2n2cccc12. The van der Waals surface area contributed by atoms with Gasteiger partial charge in [-0.15, -0.1) is 0 Å². The minimum Gasteiger partial charge on any atom is -0.325 e. The van der Waals surface area contributed by atoms with Gasteiger partial charge in [-0.3, -0.25) is 0 Å². The summed E-state index contributed by atoms with van der Waals surface area (Å²) in [6.45, 7) is 0.471. The molecule has 0 aliphatic heterocycles. The molecule has 74 valence electrons. The van der Waals surface area contributed by atoms with Crippen LogP contribution in [0.15, 0.2) is 42.6 Å². The zero-order valence-electron chi connectivity index (χ0n) is 8.22. The molecule has 0 spiro atoms. The number of aromatic nitrogens is 2. The van der Waals surface area contributed by atoms with Crippen molar-refractivity contribution in [1.82, 2.24) is 9.38 Å². The highest BCUT2D eigenvalue weighted by Gasteiger charge is 2.05. The lowest BCUT2D eigenvalue weighted by atomic mass is 10.2. The van der Waals surface area contributed by atoms with Gasteiger partial charge in [-0.2, -0.15) is 0 Å². The number of hydrogen-bond donors (Lipinski definition) is 1. The van der Waals surface area contributed by atoms with E-state index in [0.717, 1.165) is 22.2 Å². The van der Waals surface area contributed by atoms with Crippen LogP contribution in [0, 0.1) is 0 Å². The first-order valence-corrected chi connectivity index (χ1v) is 4.95. The Morgan fingerprint density at radius 2 is 1.87 bits per heavy atom. The van der Waals surface area contributed by atoms with Crippen molar-refractivity contribution < 1.29 is 0 Å². The molecule has 0 saturated carbocycles. The maximum atomic E-state index is 5.69. The molecule has 2 N–H and O–H groups in total. The highest BCUT2D eigenvalue weighted by Crippen LogP contribution is 2.18. The standard InChI is InChI=1S/C12H11N3/c13-8-10-12-6-3-7-15(12)11-5-2-1-4-9(11)14-10/h1-7H,8,13H2. The van der Waals surface area contributed by atoms with E-state index in [4.69, 9.17) is 5.73 Å². The number of nitrogens with zero attached hydrogens (tertiary/aromatic N) is 2. The maximum Gasteiger partial charge on any atom is 0.0874 e. The molecule has 2 aromatic heterocycles. The van der Waals surface area contributed by atoms with Gasteiger partial charge in [-0.05, 0) is 24.3 Å². The molecule has 0 amide bonds. The first-order chi connectivity index (χ1) is 7.40. The normalized spacial score (nSPS) is 11.3. The van der Waals surface area contributed by atoms with Crippen LogP contribution in [0.3, 0.4) is 0 Å². The second-order valence-corrected chi connectivity index (χ2v) is 3.51. The zero-order valence-corrected chi connectivity index (χ0v) is 8.22. The van der Waals surface area contributed by atoms with Crippen molar-refractivity contribution >= 4 is 16.6 Å². The van der Waals surface area contributed by atoms with Crippen molar-refractivity contribution in [3.63, 3.8) is 0 Å². The summed E-state index contributed by atoms with van der Waals surface area (Å²) in [6, 6.07) is 12.1. The molecule has 0 fully saturated rings. The number of fused-ring (bicyclic) bond motifs is 3. The lowest BCUT2D eigenvalue weighted by Crippen LogP contribution is -2.03. The molecule has 0 radical (unpaired) electrons. The predicted molar refractivity (Wildman–Crippen MR) is 60.6 cm³/mol. The monoisotopic (exact) mass is 197 g/mol. The van der Waals surface area contributed by atoms with Crippen LogP contribution in [0.4, 0.5) is 0 Å². The molecule has 1 aromatic carbocycles. The fourth-order valence-electron chi connectivity index (χ4n) is 1.94. The highest BCUT2D eigenvalue weighted by atomic mass is 14.9. The van der Waals surface area contributed by atoms with E-state index in [1.807, 2.05) is 36.5 Å². The summed E-state index contributed by atoms with van der Waals surface area (Å²) in [5.74, 6) is 0. The van der Waals surface area contributed by atoms with Crippen LogP contribution in [-0.4, -0.2) is 9.38 Å². The van der Waals surface area contributed by atoms with Gasteiger partial charge in [-0.1, -0.05) is 12.1 Å². The van der Waals surface area contributed by atoms with E-state index in [2.05, 4.69) is 15.5 Å². The summed E-state index contributed by atoms with van der Waals surface area (Å²) in [4.78, 5) is 4.55. The van der Waals surface area contributed by atoms with E-state index in [0.29, 0.717) is 6.54 Å². The molecule has 0 unspecified atom stereocenters. The highest BCUT2D eigenvalue weighted by molar-refractivity contribution is 5.79. The fraction of sp³-hybridized carbons (Fsp3) is 0.0833. The third-order valence-electron chi connectivity index (χ3n) is 2.63. The fourth-order valence-corrected chi connectivity index (χ4v) is 1.94. The summed E-state index contributed by atoms with van der Waals surface area (Å²) >= 11 is 0. The summed E-state index contributed by atoms with van der Waals surface area (Å²) < 4.78 is 2.13. The minimum atomic E-state index is 0.471. The van der Waals surface area contributed by atoms with Crippen LogP contribution >= 0.6 is 0 Å². The number of rotatable bonds is 1. The second-order valence-electron chi connectivity index (χ2n) is 3.51. The van der Waals surface area contributed by atoms with Crippen molar-refractivity contribution in [2.45, 2.75) is 6.54 Å². The quantitative estimate of drug-likeness (QED) is 0.648. The van der Waals surface area contributed by atoms with Crippen LogP contribution in [0.5, 0.6) is 0 Å². The molecular formula is C12H11N3. The number of nitrogens with two attached hydrogens (primary N) is 1. The Bertz CT molecular complexity index is 625. The van der Waals surface area contributed by atoms with Gasteiger partial charge >= 0.3 is 0 Å². The van der Waals surface area contributed by atoms with Crippen LogP contribution in [-0.2, 0) is 6.54 Å². The van der Waals surface area contributed by atoms with Gasteiger partial charge in [0.05, 0.1) is 22.2 Å². The Labute approximate surface area is 87.2 Å². The molecule has 0 saturated heterocycles. The first-order valence-electron chi connectivity index (χ1n) is 4.95. The van der Waals surface area contributed by atoms with E-state index in [1.54, 1.807) is 0 Å². The average Bonchev–Trinajstić information content (AvgIpc) is 2.77. The Morgan fingerprint density at radius 3 is 2.73 bits per heavy atom. The van der Waals surface area contributed by atoms with Gasteiger partial charge in [0, 0.05) is 12.7 Å². The van der Waals surface area contributed by atoms with Crippen LogP contribution in [0.1, 0.15) is 5.69 Å². The van der Waals surface area contributed by atoms with Crippen LogP contribution in [0.25, 0.3) is 16.6 Å². The van der Waals surface area contributed by atoms with Crippen molar-refractivity contribution in [2.24, 2.45) is 5.73 Å². The maximum absolute atomic E-state index is 5.69. The lowest BCUT2D eigenvalue weighted by Gasteiger charge is -2.06. The molecule has 3 nitrogen and oxygen atoms in total. The molecule has 3 aromatic rings. The molecule has 15 heavy (non-hydrogen) atoms. The van der Waals surface area contributed by atoms with Crippen molar-refractivity contribution in [3.05, 3.63) is 48.3 Å². The van der Waals surface area contributed by atoms with Crippen LogP contribution in [0.2, 0.25) is 0 Å². The predicted octanol–water partition coefficient (Wildman–Crippen LogP) is 1.95. The Balaban J connectivity index is 2.57. The molecule has 0 atom stereocenters. The molecule has 0 aliphatic rings. The topological polar surface area (TPSA) is 43.3 Å². The zero-order chi connectivity index (χ0) is 10.3. The summed E-state index contributed by atoms with van der Waals surface area (Å²) in [6.07, 6.45) is 2.04. The van der Waals surface area contributed by atoms with E-state index < -0.39 is 0 Å². The number of benzene rings is 1. The number of hydrogen-bond acceptors (Lipinski definition) is 2. The van der Waals surface area contributed by atoms with Gasteiger partial charge in [0.2, 0.25) is 0 Å². The average molecular weight is 197 g/mol. The molecule has 3 heteroatoms. The number of para-hydroxylation sites is 2. The van der Waals surface area contributed by atoms with E-state index in [9.17, 15) is 0 Å². The Morgan fingerprint density at radius 1 is 1.07 bits per heavy atom. The van der Waals surface area contributed by atoms with E-state index in [-0.39, 0.29) is 0 Å². The molecule has 2 heterocycles. The molecular weight excluding hydrogens is 186 g/mol. The van der Waals surface area contributed by atoms with Gasteiger partial charge in [0.1, 0.15) is 0 Å². The van der Waals surface area contributed by atoms with Gasteiger partial charge < -0.3 is 10.1 Å². The lowest BCUT2D eigenvalue weighted by molar-refractivity contribution is 1.00. The smallest absolute Gasteiger partial charge is 0.0874 e. The van der Waals surface area contributed by atoms with Crippen LogP contribution < -0.4 is 5.73 Å². The first kappa shape index (κ1) is 8.44. The van der Waals surface area contributed by atoms with Crippen molar-refractivity contribution in [3.8, 4) is 0 Å². The second kappa shape index (κ2) is 3.07. The van der Waals surface area contributed by atoms with E-state index >= 15 is 0 Å². The third kappa shape index (κ3) is 1.13. The van der Waals surface area contributed by atoms with Gasteiger partial charge in [0.15, 0.2) is 0 Å². The van der Waals surface area contributed by atoms with Gasteiger partial charge in [-0.25, -0.2) is 4.98 Å².